The molecule has 0 aliphatic heterocycles. The summed E-state index contributed by atoms with van der Waals surface area (Å²) in [5.41, 5.74) is 0.736. The number of thioether (sulfide) groups is 1. The third-order valence-corrected chi connectivity index (χ3v) is 4.87. The average Bonchev–Trinajstić information content (AvgIpc) is 3.07. The first-order valence-corrected chi connectivity index (χ1v) is 11.2. The number of nitrogens with zero attached hydrogens (tertiary/aromatic N) is 4. The van der Waals surface area contributed by atoms with E-state index in [1.54, 1.807) is 29.6 Å². The number of aromatic nitrogens is 4. The summed E-state index contributed by atoms with van der Waals surface area (Å²) in [7, 11) is 0. The quantitative estimate of drug-likeness (QED) is 0.297. The van der Waals surface area contributed by atoms with Gasteiger partial charge in [0.05, 0.1) is 31.2 Å². The molecular weight excluding hydrogens is 404 g/mol. The molecule has 0 bridgehead atoms. The van der Waals surface area contributed by atoms with Crippen molar-refractivity contribution < 1.29 is 14.3 Å². The third kappa shape index (κ3) is 7.47. The molecule has 2 aromatic heterocycles. The predicted molar refractivity (Wildman–Crippen MR) is 119 cm³/mol. The number of carbonyl (C=O) groups excluding carboxylic acids is 2. The van der Waals surface area contributed by atoms with Crippen LogP contribution in [0.25, 0.3) is 11.0 Å². The van der Waals surface area contributed by atoms with Crippen molar-refractivity contribution in [3.05, 3.63) is 6.20 Å². The molecule has 2 heterocycles. The Morgan fingerprint density at radius 1 is 1.20 bits per heavy atom. The van der Waals surface area contributed by atoms with Crippen molar-refractivity contribution >= 4 is 40.5 Å². The molecular formula is C20H32N6O3S. The number of nitrogens with one attached hydrogen (secondary N) is 2. The number of fused-ring (bicyclic) bond motifs is 1. The first kappa shape index (κ1) is 23.9. The number of hydrogen-bond donors (Lipinski definition) is 2. The Morgan fingerprint density at radius 2 is 1.97 bits per heavy atom. The molecule has 9 nitrogen and oxygen atoms in total. The molecule has 0 aliphatic rings. The zero-order valence-corrected chi connectivity index (χ0v) is 19.2. The Labute approximate surface area is 181 Å². The van der Waals surface area contributed by atoms with Crippen molar-refractivity contribution in [3.8, 4) is 0 Å². The molecule has 2 N–H and O–H groups in total. The summed E-state index contributed by atoms with van der Waals surface area (Å²) in [4.78, 5) is 32.6. The van der Waals surface area contributed by atoms with Crippen molar-refractivity contribution in [3.63, 3.8) is 0 Å². The molecule has 2 rings (SSSR count). The van der Waals surface area contributed by atoms with Gasteiger partial charge in [0.2, 0.25) is 5.91 Å². The topological polar surface area (TPSA) is 111 Å². The van der Waals surface area contributed by atoms with E-state index in [0.717, 1.165) is 23.4 Å². The van der Waals surface area contributed by atoms with Gasteiger partial charge in [0.15, 0.2) is 10.8 Å². The average molecular weight is 437 g/mol. The van der Waals surface area contributed by atoms with Crippen LogP contribution in [0, 0.1) is 5.92 Å². The molecule has 10 heteroatoms. The van der Waals surface area contributed by atoms with Crippen LogP contribution < -0.4 is 10.6 Å². The number of anilines is 1. The van der Waals surface area contributed by atoms with E-state index in [4.69, 9.17) is 4.74 Å². The van der Waals surface area contributed by atoms with Gasteiger partial charge < -0.3 is 15.4 Å². The van der Waals surface area contributed by atoms with Gasteiger partial charge in [0.25, 0.3) is 0 Å². The maximum atomic E-state index is 11.9. The van der Waals surface area contributed by atoms with Gasteiger partial charge >= 0.3 is 5.97 Å². The fraction of sp³-hybridized carbons (Fsp3) is 0.650. The van der Waals surface area contributed by atoms with E-state index < -0.39 is 0 Å². The first-order chi connectivity index (χ1) is 14.3. The highest BCUT2D eigenvalue weighted by Gasteiger charge is 2.15. The largest absolute Gasteiger partial charge is 0.466 e. The molecule has 0 aliphatic carbocycles. The first-order valence-electron chi connectivity index (χ1n) is 10.4. The molecule has 0 saturated carbocycles. The van der Waals surface area contributed by atoms with Gasteiger partial charge in [-0.2, -0.15) is 5.10 Å². The summed E-state index contributed by atoms with van der Waals surface area (Å²) in [6.07, 6.45) is 1.95. The summed E-state index contributed by atoms with van der Waals surface area (Å²) in [5.74, 6) is 0.709. The third-order valence-electron chi connectivity index (χ3n) is 4.00. The van der Waals surface area contributed by atoms with Gasteiger partial charge in [-0.3, -0.25) is 9.59 Å². The lowest BCUT2D eigenvalue weighted by Crippen LogP contribution is -2.28. The molecule has 2 aromatic rings. The number of esters is 1. The highest BCUT2D eigenvalue weighted by molar-refractivity contribution is 7.99. The molecule has 0 atom stereocenters. The van der Waals surface area contributed by atoms with Gasteiger partial charge in [0, 0.05) is 24.8 Å². The normalized spacial score (nSPS) is 11.3. The SMILES string of the molecule is CCOC(=O)CCC(=O)NCCn1ncc2c(NCC(C)C)nc(SC(C)C)nc21. The molecule has 0 radical (unpaired) electrons. The highest BCUT2D eigenvalue weighted by atomic mass is 32.2. The number of hydrogen-bond acceptors (Lipinski definition) is 8. The Kier molecular flexibility index (Phi) is 9.35. The molecule has 0 spiro atoms. The number of rotatable bonds is 12. The minimum atomic E-state index is -0.362. The van der Waals surface area contributed by atoms with E-state index in [9.17, 15) is 9.59 Å². The van der Waals surface area contributed by atoms with Crippen LogP contribution in [0.2, 0.25) is 0 Å². The standard InChI is InChI=1S/C20H32N6O3S/c1-6-29-17(28)8-7-16(27)21-9-10-26-19-15(12-23-26)18(22-11-13(2)3)24-20(25-19)30-14(4)5/h12-14H,6-11H2,1-5H3,(H,21,27)(H,22,24,25). The fourth-order valence-corrected chi connectivity index (χ4v) is 3.34. The van der Waals surface area contributed by atoms with Crippen LogP contribution in [0.3, 0.4) is 0 Å². The maximum Gasteiger partial charge on any atom is 0.306 e. The second kappa shape index (κ2) is 11.7. The van der Waals surface area contributed by atoms with Crippen molar-refractivity contribution in [1.29, 1.82) is 0 Å². The predicted octanol–water partition coefficient (Wildman–Crippen LogP) is 2.85. The van der Waals surface area contributed by atoms with E-state index in [1.165, 1.54) is 0 Å². The molecule has 166 valence electrons. The van der Waals surface area contributed by atoms with Crippen LogP contribution in [-0.4, -0.2) is 56.6 Å². The van der Waals surface area contributed by atoms with Crippen molar-refractivity contribution in [2.45, 2.75) is 64.4 Å². The van der Waals surface area contributed by atoms with Gasteiger partial charge in [-0.15, -0.1) is 0 Å². The maximum absolute atomic E-state index is 11.9. The molecule has 1 amide bonds. The molecule has 0 fully saturated rings. The highest BCUT2D eigenvalue weighted by Crippen LogP contribution is 2.26. The summed E-state index contributed by atoms with van der Waals surface area (Å²) in [6.45, 7) is 12.2. The number of amides is 1. The monoisotopic (exact) mass is 436 g/mol. The van der Waals surface area contributed by atoms with E-state index in [2.05, 4.69) is 53.4 Å². The summed E-state index contributed by atoms with van der Waals surface area (Å²) in [6, 6.07) is 0. The Hall–Kier alpha value is -2.36. The van der Waals surface area contributed by atoms with E-state index in [1.807, 2.05) is 0 Å². The lowest BCUT2D eigenvalue weighted by atomic mass is 10.2. The zero-order valence-electron chi connectivity index (χ0n) is 18.4. The molecule has 0 saturated heterocycles. The minimum Gasteiger partial charge on any atom is -0.466 e. The summed E-state index contributed by atoms with van der Waals surface area (Å²) in [5, 5.41) is 12.6. The van der Waals surface area contributed by atoms with Crippen LogP contribution >= 0.6 is 11.8 Å². The smallest absolute Gasteiger partial charge is 0.306 e. The van der Waals surface area contributed by atoms with E-state index in [0.29, 0.717) is 36.0 Å². The summed E-state index contributed by atoms with van der Waals surface area (Å²) >= 11 is 1.60. The molecule has 0 aromatic carbocycles. The van der Waals surface area contributed by atoms with Crippen LogP contribution in [0.1, 0.15) is 47.5 Å². The van der Waals surface area contributed by atoms with E-state index >= 15 is 0 Å². The number of ether oxygens (including phenoxy) is 1. The minimum absolute atomic E-state index is 0.0816. The Balaban J connectivity index is 2.05. The van der Waals surface area contributed by atoms with Gasteiger partial charge in [0.1, 0.15) is 5.82 Å². The van der Waals surface area contributed by atoms with Gasteiger partial charge in [-0.25, -0.2) is 14.6 Å². The second-order valence-electron chi connectivity index (χ2n) is 7.56. The van der Waals surface area contributed by atoms with Crippen molar-refractivity contribution in [1.82, 2.24) is 25.1 Å². The van der Waals surface area contributed by atoms with Gasteiger partial charge in [-0.1, -0.05) is 39.5 Å². The lowest BCUT2D eigenvalue weighted by molar-refractivity contribution is -0.144. The second-order valence-corrected chi connectivity index (χ2v) is 9.10. The fourth-order valence-electron chi connectivity index (χ4n) is 2.64. The van der Waals surface area contributed by atoms with E-state index in [-0.39, 0.29) is 24.7 Å². The number of carbonyl (C=O) groups is 2. The van der Waals surface area contributed by atoms with Crippen LogP contribution in [-0.2, 0) is 20.9 Å². The zero-order chi connectivity index (χ0) is 22.1. The molecule has 0 unspecified atom stereocenters. The van der Waals surface area contributed by atoms with Crippen LogP contribution in [0.15, 0.2) is 11.4 Å². The summed E-state index contributed by atoms with van der Waals surface area (Å²) < 4.78 is 6.60. The van der Waals surface area contributed by atoms with Crippen LogP contribution in [0.5, 0.6) is 0 Å². The Bertz CT molecular complexity index is 852. The van der Waals surface area contributed by atoms with Crippen molar-refractivity contribution in [2.75, 3.05) is 25.0 Å². The van der Waals surface area contributed by atoms with Gasteiger partial charge in [-0.05, 0) is 12.8 Å². The van der Waals surface area contributed by atoms with Crippen LogP contribution in [0.4, 0.5) is 5.82 Å². The van der Waals surface area contributed by atoms with Crippen molar-refractivity contribution in [2.24, 2.45) is 5.92 Å². The lowest BCUT2D eigenvalue weighted by Gasteiger charge is -2.12. The molecule has 30 heavy (non-hydrogen) atoms. The Morgan fingerprint density at radius 3 is 2.63 bits per heavy atom.